The molecule has 0 aliphatic carbocycles. The van der Waals surface area contributed by atoms with Crippen LogP contribution in [-0.2, 0) is 13.1 Å². The van der Waals surface area contributed by atoms with Crippen molar-refractivity contribution in [3.8, 4) is 0 Å². The van der Waals surface area contributed by atoms with Crippen LogP contribution in [0.5, 0.6) is 0 Å². The molecular formula is C16H22N2+2. The molecule has 0 aliphatic rings. The van der Waals surface area contributed by atoms with Gasteiger partial charge in [0.15, 0.2) is 24.8 Å². The largest absolute Gasteiger partial charge is 0.205 e. The van der Waals surface area contributed by atoms with E-state index in [2.05, 4.69) is 72.0 Å². The molecular weight excluding hydrogens is 220 g/mol. The van der Waals surface area contributed by atoms with E-state index in [-0.39, 0.29) is 0 Å². The second-order valence-electron chi connectivity index (χ2n) is 4.95. The molecule has 2 aromatic rings. The summed E-state index contributed by atoms with van der Waals surface area (Å²) in [5.41, 5.74) is 2.65. The van der Waals surface area contributed by atoms with Crippen molar-refractivity contribution in [1.29, 1.82) is 0 Å². The molecule has 0 N–H and O–H groups in total. The lowest BCUT2D eigenvalue weighted by Crippen LogP contribution is -2.35. The zero-order valence-corrected chi connectivity index (χ0v) is 11.3. The van der Waals surface area contributed by atoms with Gasteiger partial charge in [-0.25, -0.2) is 9.13 Å². The maximum Gasteiger partial charge on any atom is 0.171 e. The predicted octanol–water partition coefficient (Wildman–Crippen LogP) is 2.36. The number of hydrogen-bond acceptors (Lipinski definition) is 0. The van der Waals surface area contributed by atoms with Gasteiger partial charge in [-0.3, -0.25) is 0 Å². The summed E-state index contributed by atoms with van der Waals surface area (Å²) >= 11 is 0. The highest BCUT2D eigenvalue weighted by molar-refractivity contribution is 5.01. The molecule has 2 heterocycles. The van der Waals surface area contributed by atoms with Crippen LogP contribution in [0.2, 0.25) is 0 Å². The molecule has 0 atom stereocenters. The van der Waals surface area contributed by atoms with Gasteiger partial charge in [-0.1, -0.05) is 0 Å². The van der Waals surface area contributed by atoms with Gasteiger partial charge in [0, 0.05) is 36.1 Å². The van der Waals surface area contributed by atoms with Gasteiger partial charge in [0.25, 0.3) is 0 Å². The summed E-state index contributed by atoms with van der Waals surface area (Å²) in [5.74, 6) is 0. The number of unbranched alkanes of at least 4 members (excludes halogenated alkanes) is 1. The smallest absolute Gasteiger partial charge is 0.171 e. The van der Waals surface area contributed by atoms with Gasteiger partial charge in [0.2, 0.25) is 0 Å². The minimum atomic E-state index is 1.11. The fourth-order valence-electron chi connectivity index (χ4n) is 2.17. The van der Waals surface area contributed by atoms with Crippen molar-refractivity contribution in [2.24, 2.45) is 0 Å². The van der Waals surface area contributed by atoms with E-state index in [0.29, 0.717) is 0 Å². The van der Waals surface area contributed by atoms with Crippen LogP contribution in [0.15, 0.2) is 49.1 Å². The minimum absolute atomic E-state index is 1.11. The van der Waals surface area contributed by atoms with Gasteiger partial charge in [-0.05, 0) is 26.0 Å². The molecule has 0 bridgehead atoms. The summed E-state index contributed by atoms with van der Waals surface area (Å²) in [6.45, 7) is 6.49. The highest BCUT2D eigenvalue weighted by Crippen LogP contribution is 1.94. The van der Waals surface area contributed by atoms with Crippen molar-refractivity contribution in [1.82, 2.24) is 0 Å². The lowest BCUT2D eigenvalue weighted by Gasteiger charge is -1.98. The van der Waals surface area contributed by atoms with Crippen LogP contribution in [0.25, 0.3) is 0 Å². The van der Waals surface area contributed by atoms with Crippen LogP contribution in [0.4, 0.5) is 0 Å². The van der Waals surface area contributed by atoms with E-state index in [9.17, 15) is 0 Å². The number of aromatic nitrogens is 2. The molecule has 0 unspecified atom stereocenters. The molecule has 0 saturated heterocycles. The van der Waals surface area contributed by atoms with Crippen molar-refractivity contribution in [2.75, 3.05) is 0 Å². The van der Waals surface area contributed by atoms with E-state index < -0.39 is 0 Å². The molecule has 0 saturated carbocycles. The maximum atomic E-state index is 2.27. The van der Waals surface area contributed by atoms with Gasteiger partial charge in [-0.2, -0.15) is 0 Å². The lowest BCUT2D eigenvalue weighted by molar-refractivity contribution is -0.708. The average Bonchev–Trinajstić information content (AvgIpc) is 2.35. The first-order valence-electron chi connectivity index (χ1n) is 6.65. The molecule has 0 aromatic carbocycles. The van der Waals surface area contributed by atoms with E-state index in [1.807, 2.05) is 0 Å². The van der Waals surface area contributed by atoms with E-state index >= 15 is 0 Å². The SMILES string of the molecule is Cc1ccc[n+](CCCC[n+]2cccc(C)c2)c1. The second-order valence-corrected chi connectivity index (χ2v) is 4.95. The molecule has 94 valence electrons. The van der Waals surface area contributed by atoms with Crippen LogP contribution in [0, 0.1) is 13.8 Å². The standard InChI is InChI=1S/C16H22N2/c1-15-7-5-11-17(13-15)9-3-4-10-18-12-6-8-16(2)14-18/h5-8,11-14H,3-4,9-10H2,1-2H3/q+2. The van der Waals surface area contributed by atoms with Gasteiger partial charge in [0.05, 0.1) is 0 Å². The zero-order chi connectivity index (χ0) is 12.8. The third-order valence-electron chi connectivity index (χ3n) is 3.09. The zero-order valence-electron chi connectivity index (χ0n) is 11.3. The predicted molar refractivity (Wildman–Crippen MR) is 72.0 cm³/mol. The second kappa shape index (κ2) is 6.29. The van der Waals surface area contributed by atoms with Gasteiger partial charge >= 0.3 is 0 Å². The van der Waals surface area contributed by atoms with Gasteiger partial charge in [-0.15, -0.1) is 0 Å². The molecule has 0 aliphatic heterocycles. The molecule has 2 rings (SSSR count). The van der Waals surface area contributed by atoms with E-state index in [1.54, 1.807) is 0 Å². The Balaban J connectivity index is 1.76. The number of aryl methyl sites for hydroxylation is 4. The summed E-state index contributed by atoms with van der Waals surface area (Å²) in [6.07, 6.45) is 11.1. The van der Waals surface area contributed by atoms with Crippen molar-refractivity contribution >= 4 is 0 Å². The van der Waals surface area contributed by atoms with Crippen molar-refractivity contribution in [2.45, 2.75) is 39.8 Å². The Kier molecular flexibility index (Phi) is 4.46. The monoisotopic (exact) mass is 242 g/mol. The summed E-state index contributed by atoms with van der Waals surface area (Å²) in [5, 5.41) is 0. The summed E-state index contributed by atoms with van der Waals surface area (Å²) < 4.78 is 4.55. The highest BCUT2D eigenvalue weighted by Gasteiger charge is 2.03. The van der Waals surface area contributed by atoms with Crippen molar-refractivity contribution in [3.63, 3.8) is 0 Å². The number of hydrogen-bond donors (Lipinski definition) is 0. The van der Waals surface area contributed by atoms with E-state index in [4.69, 9.17) is 0 Å². The normalized spacial score (nSPS) is 10.6. The average molecular weight is 242 g/mol. The van der Waals surface area contributed by atoms with Crippen LogP contribution in [0.1, 0.15) is 24.0 Å². The third-order valence-corrected chi connectivity index (χ3v) is 3.09. The Bertz CT molecular complexity index is 458. The minimum Gasteiger partial charge on any atom is -0.205 e. The fraction of sp³-hybridized carbons (Fsp3) is 0.375. The van der Waals surface area contributed by atoms with Crippen LogP contribution < -0.4 is 9.13 Å². The number of pyridine rings is 2. The molecule has 2 aromatic heterocycles. The highest BCUT2D eigenvalue weighted by atomic mass is 14.9. The number of nitrogens with zero attached hydrogens (tertiary/aromatic N) is 2. The quantitative estimate of drug-likeness (QED) is 0.562. The third kappa shape index (κ3) is 3.95. The van der Waals surface area contributed by atoms with Gasteiger partial charge < -0.3 is 0 Å². The maximum absolute atomic E-state index is 2.27. The summed E-state index contributed by atoms with van der Waals surface area (Å²) in [7, 11) is 0. The summed E-state index contributed by atoms with van der Waals surface area (Å²) in [4.78, 5) is 0. The Labute approximate surface area is 110 Å². The Morgan fingerprint density at radius 2 is 1.22 bits per heavy atom. The number of rotatable bonds is 5. The van der Waals surface area contributed by atoms with Gasteiger partial charge in [0.1, 0.15) is 13.1 Å². The molecule has 18 heavy (non-hydrogen) atoms. The Morgan fingerprint density at radius 1 is 0.778 bits per heavy atom. The van der Waals surface area contributed by atoms with Crippen LogP contribution >= 0.6 is 0 Å². The fourth-order valence-corrected chi connectivity index (χ4v) is 2.17. The molecule has 0 fully saturated rings. The summed E-state index contributed by atoms with van der Waals surface area (Å²) in [6, 6.07) is 8.51. The topological polar surface area (TPSA) is 7.76 Å². The molecule has 0 spiro atoms. The first-order valence-corrected chi connectivity index (χ1v) is 6.65. The van der Waals surface area contributed by atoms with Crippen molar-refractivity contribution < 1.29 is 9.13 Å². The van der Waals surface area contributed by atoms with E-state index in [1.165, 1.54) is 24.0 Å². The lowest BCUT2D eigenvalue weighted by atomic mass is 10.2. The van der Waals surface area contributed by atoms with Crippen molar-refractivity contribution in [3.05, 3.63) is 60.2 Å². The Morgan fingerprint density at radius 3 is 1.61 bits per heavy atom. The Hall–Kier alpha value is -1.70. The first-order chi connectivity index (χ1) is 8.74. The molecule has 0 radical (unpaired) electrons. The first kappa shape index (κ1) is 12.7. The van der Waals surface area contributed by atoms with E-state index in [0.717, 1.165) is 13.1 Å². The molecule has 2 heteroatoms. The molecule has 0 amide bonds. The van der Waals surface area contributed by atoms with Crippen LogP contribution in [0.3, 0.4) is 0 Å². The van der Waals surface area contributed by atoms with Crippen LogP contribution in [-0.4, -0.2) is 0 Å². The molecule has 2 nitrogen and oxygen atoms in total.